The normalized spacial score (nSPS) is 13.2. The zero-order valence-electron chi connectivity index (χ0n) is 4.86. The van der Waals surface area contributed by atoms with E-state index in [1.165, 1.54) is 0 Å². The van der Waals surface area contributed by atoms with Gasteiger partial charge in [0, 0.05) is 11.2 Å². The van der Waals surface area contributed by atoms with Gasteiger partial charge in [-0.2, -0.15) is 0 Å². The molecule has 0 aromatic heterocycles. The third-order valence-corrected chi connectivity index (χ3v) is 1.86. The Hall–Kier alpha value is -0.0500. The van der Waals surface area contributed by atoms with Crippen LogP contribution in [-0.2, 0) is 4.79 Å². The molecule has 3 heteroatoms. The van der Waals surface area contributed by atoms with Crippen molar-refractivity contribution in [2.45, 2.75) is 13.3 Å². The number of hydrogen-bond acceptors (Lipinski definition) is 1. The fourth-order valence-electron chi connectivity index (χ4n) is 0.386. The first-order valence-electron chi connectivity index (χ1n) is 2.57. The molecule has 0 aromatic carbocycles. The van der Waals surface area contributed by atoms with Crippen molar-refractivity contribution in [3.63, 3.8) is 0 Å². The minimum absolute atomic E-state index is 0.00926. The van der Waals surface area contributed by atoms with Crippen LogP contribution in [0.3, 0.4) is 0 Å². The summed E-state index contributed by atoms with van der Waals surface area (Å²) in [5.41, 5.74) is 4.99. The summed E-state index contributed by atoms with van der Waals surface area (Å²) >= 11 is 3.18. The average molecular weight is 180 g/mol. The lowest BCUT2D eigenvalue weighted by molar-refractivity contribution is -0.121. The van der Waals surface area contributed by atoms with Crippen LogP contribution < -0.4 is 5.73 Å². The third-order valence-electron chi connectivity index (χ3n) is 1.08. The summed E-state index contributed by atoms with van der Waals surface area (Å²) in [5, 5.41) is 0.679. The predicted octanol–water partition coefficient (Wildman–Crippen LogP) is 0.893. The van der Waals surface area contributed by atoms with E-state index in [0.717, 1.165) is 6.42 Å². The lowest BCUT2D eigenvalue weighted by Gasteiger charge is -2.02. The van der Waals surface area contributed by atoms with Gasteiger partial charge in [0.2, 0.25) is 5.91 Å². The van der Waals surface area contributed by atoms with E-state index in [0.29, 0.717) is 5.33 Å². The smallest absolute Gasteiger partial charge is 0.221 e. The van der Waals surface area contributed by atoms with Crippen molar-refractivity contribution in [3.05, 3.63) is 0 Å². The Kier molecular flexibility index (Phi) is 3.87. The molecule has 0 aromatic rings. The maximum absolute atomic E-state index is 10.4. The minimum Gasteiger partial charge on any atom is -0.369 e. The third kappa shape index (κ3) is 2.31. The number of carbonyl (C=O) groups is 1. The van der Waals surface area contributed by atoms with Gasteiger partial charge < -0.3 is 5.73 Å². The largest absolute Gasteiger partial charge is 0.369 e. The van der Waals surface area contributed by atoms with Gasteiger partial charge in [-0.25, -0.2) is 0 Å². The fourth-order valence-corrected chi connectivity index (χ4v) is 1.16. The lowest BCUT2D eigenvalue weighted by atomic mass is 10.1. The fraction of sp³-hybridized carbons (Fsp3) is 0.800. The van der Waals surface area contributed by atoms with Crippen LogP contribution in [0.2, 0.25) is 0 Å². The second-order valence-corrected chi connectivity index (χ2v) is 2.31. The molecule has 0 fully saturated rings. The molecule has 0 heterocycles. The highest BCUT2D eigenvalue weighted by Crippen LogP contribution is 2.03. The molecule has 1 atom stereocenters. The highest BCUT2D eigenvalue weighted by Gasteiger charge is 2.08. The lowest BCUT2D eigenvalue weighted by Crippen LogP contribution is -2.23. The number of hydrogen-bond donors (Lipinski definition) is 1. The first-order chi connectivity index (χ1) is 3.72. The Morgan fingerprint density at radius 1 is 1.88 bits per heavy atom. The summed E-state index contributed by atoms with van der Waals surface area (Å²) in [6, 6.07) is 0. The maximum atomic E-state index is 10.4. The Morgan fingerprint density at radius 2 is 2.38 bits per heavy atom. The molecule has 0 aliphatic rings. The predicted molar refractivity (Wildman–Crippen MR) is 36.8 cm³/mol. The number of carbonyl (C=O) groups excluding carboxylic acids is 1. The van der Waals surface area contributed by atoms with Crippen LogP contribution in [0.1, 0.15) is 13.3 Å². The van der Waals surface area contributed by atoms with Gasteiger partial charge in [-0.15, -0.1) is 0 Å². The molecule has 0 bridgehead atoms. The zero-order valence-corrected chi connectivity index (χ0v) is 6.44. The molecule has 0 spiro atoms. The van der Waals surface area contributed by atoms with Gasteiger partial charge in [-0.1, -0.05) is 22.9 Å². The molecular formula is C5H10BrNO. The number of halogens is 1. The highest BCUT2D eigenvalue weighted by molar-refractivity contribution is 9.09. The molecule has 48 valence electrons. The molecule has 0 rings (SSSR count). The molecule has 2 N–H and O–H groups in total. The maximum Gasteiger partial charge on any atom is 0.221 e. The Labute approximate surface area is 57.6 Å². The van der Waals surface area contributed by atoms with Gasteiger partial charge in [0.05, 0.1) is 0 Å². The van der Waals surface area contributed by atoms with E-state index in [4.69, 9.17) is 5.73 Å². The Balaban J connectivity index is 3.52. The second kappa shape index (κ2) is 3.89. The number of amides is 1. The number of alkyl halides is 1. The summed E-state index contributed by atoms with van der Waals surface area (Å²) in [5.74, 6) is -0.209. The molecule has 0 aliphatic heterocycles. The van der Waals surface area contributed by atoms with Crippen LogP contribution in [0.15, 0.2) is 0 Å². The molecule has 0 unspecified atom stereocenters. The van der Waals surface area contributed by atoms with E-state index in [1.54, 1.807) is 0 Å². The van der Waals surface area contributed by atoms with Crippen molar-refractivity contribution in [2.24, 2.45) is 11.7 Å². The van der Waals surface area contributed by atoms with Crippen LogP contribution in [0.25, 0.3) is 0 Å². The van der Waals surface area contributed by atoms with E-state index < -0.39 is 0 Å². The van der Waals surface area contributed by atoms with Gasteiger partial charge in [0.1, 0.15) is 0 Å². The summed E-state index contributed by atoms with van der Waals surface area (Å²) in [7, 11) is 0. The molecular weight excluding hydrogens is 170 g/mol. The Morgan fingerprint density at radius 3 is 2.38 bits per heavy atom. The quantitative estimate of drug-likeness (QED) is 0.644. The first-order valence-corrected chi connectivity index (χ1v) is 3.69. The zero-order chi connectivity index (χ0) is 6.57. The highest BCUT2D eigenvalue weighted by atomic mass is 79.9. The molecule has 2 nitrogen and oxygen atoms in total. The van der Waals surface area contributed by atoms with Crippen molar-refractivity contribution in [1.82, 2.24) is 0 Å². The van der Waals surface area contributed by atoms with Crippen molar-refractivity contribution in [3.8, 4) is 0 Å². The van der Waals surface area contributed by atoms with E-state index in [9.17, 15) is 4.79 Å². The van der Waals surface area contributed by atoms with E-state index in [2.05, 4.69) is 15.9 Å². The van der Waals surface area contributed by atoms with Gasteiger partial charge in [-0.3, -0.25) is 4.79 Å². The van der Waals surface area contributed by atoms with E-state index in [-0.39, 0.29) is 11.8 Å². The van der Waals surface area contributed by atoms with Gasteiger partial charge >= 0.3 is 0 Å². The van der Waals surface area contributed by atoms with E-state index >= 15 is 0 Å². The standard InChI is InChI=1S/C5H10BrNO/c1-2-4(3-6)5(7)8/h4H,2-3H2,1H3,(H2,7,8)/t4-/m0/s1. The van der Waals surface area contributed by atoms with Crippen molar-refractivity contribution in [2.75, 3.05) is 5.33 Å². The van der Waals surface area contributed by atoms with Crippen LogP contribution in [0.5, 0.6) is 0 Å². The molecule has 0 radical (unpaired) electrons. The SMILES string of the molecule is CC[C@@H](CBr)C(N)=O. The van der Waals surface area contributed by atoms with Crippen LogP contribution in [0, 0.1) is 5.92 Å². The molecule has 8 heavy (non-hydrogen) atoms. The minimum atomic E-state index is -0.218. The summed E-state index contributed by atoms with van der Waals surface area (Å²) in [6.45, 7) is 1.94. The molecule has 0 saturated carbocycles. The second-order valence-electron chi connectivity index (χ2n) is 1.66. The number of nitrogens with two attached hydrogens (primary N) is 1. The summed E-state index contributed by atoms with van der Waals surface area (Å²) in [4.78, 5) is 10.4. The summed E-state index contributed by atoms with van der Waals surface area (Å²) < 4.78 is 0. The average Bonchev–Trinajstić information content (AvgIpc) is 1.69. The van der Waals surface area contributed by atoms with Gasteiger partial charge in [-0.05, 0) is 6.42 Å². The van der Waals surface area contributed by atoms with Crippen molar-refractivity contribution in [1.29, 1.82) is 0 Å². The Bertz CT molecular complexity index is 80.5. The van der Waals surface area contributed by atoms with E-state index in [1.807, 2.05) is 6.92 Å². The molecule has 0 saturated heterocycles. The molecule has 0 aliphatic carbocycles. The van der Waals surface area contributed by atoms with Gasteiger partial charge in [0.25, 0.3) is 0 Å². The summed E-state index contributed by atoms with van der Waals surface area (Å²) in [6.07, 6.45) is 0.820. The first kappa shape index (κ1) is 7.95. The molecule has 1 amide bonds. The van der Waals surface area contributed by atoms with Crippen molar-refractivity contribution < 1.29 is 4.79 Å². The number of primary amides is 1. The van der Waals surface area contributed by atoms with Gasteiger partial charge in [0.15, 0.2) is 0 Å². The van der Waals surface area contributed by atoms with Crippen molar-refractivity contribution >= 4 is 21.8 Å². The topological polar surface area (TPSA) is 43.1 Å². The van der Waals surface area contributed by atoms with Crippen LogP contribution in [0.4, 0.5) is 0 Å². The van der Waals surface area contributed by atoms with Crippen LogP contribution in [-0.4, -0.2) is 11.2 Å². The van der Waals surface area contributed by atoms with Crippen LogP contribution >= 0.6 is 15.9 Å². The monoisotopic (exact) mass is 179 g/mol. The number of rotatable bonds is 3.